The van der Waals surface area contributed by atoms with Gasteiger partial charge < -0.3 is 84.1 Å². The number of primary amides is 1. The Morgan fingerprint density at radius 2 is 1.23 bits per heavy atom. The molecule has 1 saturated heterocycles. The number of amides is 10. The van der Waals surface area contributed by atoms with Crippen molar-refractivity contribution in [2.24, 2.45) is 11.5 Å². The summed E-state index contributed by atoms with van der Waals surface area (Å²) in [5.74, 6) is -12.5. The molecule has 10 amide bonds. The van der Waals surface area contributed by atoms with E-state index in [-0.39, 0.29) is 90.6 Å². The quantitative estimate of drug-likeness (QED) is 0.0656. The Balaban J connectivity index is 1.08. The van der Waals surface area contributed by atoms with E-state index in [1.807, 2.05) is 0 Å². The highest BCUT2D eigenvalue weighted by Crippen LogP contribution is 2.34. The number of nitrogens with zero attached hydrogens (tertiary/aromatic N) is 2. The van der Waals surface area contributed by atoms with Gasteiger partial charge in [0.2, 0.25) is 59.1 Å². The van der Waals surface area contributed by atoms with Crippen LogP contribution in [0.15, 0.2) is 104 Å². The van der Waals surface area contributed by atoms with Crippen molar-refractivity contribution in [2.75, 3.05) is 24.6 Å². The number of imidazole rings is 1. The molecule has 2 bridgehead atoms. The number of halogens is 3. The first-order valence-electron chi connectivity index (χ1n) is 33.8. The normalized spacial score (nSPS) is 23.9. The molecule has 0 spiro atoms. The Labute approximate surface area is 603 Å². The number of nitrogens with one attached hydrogen (secondary N) is 11. The van der Waals surface area contributed by atoms with E-state index in [4.69, 9.17) is 11.5 Å². The first kappa shape index (κ1) is 77.7. The summed E-state index contributed by atoms with van der Waals surface area (Å²) in [5.41, 5.74) is 11.0. The minimum atomic E-state index is -2.08. The summed E-state index contributed by atoms with van der Waals surface area (Å²) in [6.07, 6.45) is 3.90. The standard InChI is InChI=1S/C71H84F3N15O13S2/c1-38-62(95)83-54(24-42-31-78-51-14-10-44(72)26-49(42)51)64(97)84-55(25-43-32-79-52-15-11-45(73)27-50(43)52)65(98)86-57(29-60(92)93)66(99)85-56(28-47-33-77-37-80-47)67(100)88-70(2,30-39-8-12-48(90)13-9-39)69(102)89-19-6-17-71(89,3)68(101)87-58(61(76)94)36-104-35-41-21-40(22-46(74)23-41)34-103-20-16-59(91)82-53(63(96)81-38)7-4-5-18-75/h8-15,21-23,26-27,31-33,37-38,53-58,78-79,90H,4-7,16-20,24-25,28-30,34-36,75H2,1-3H3,(H2,76,94)(H,77,80)(H,81,96)(H,82,91)(H,83,95)(H,84,97)(H,85,99)(H,86,98)(H,87,101)(H,88,100)(H,92,93)/t38-,53+,54-,55+,56+,57+,58+,70+,71+/m1/s1. The van der Waals surface area contributed by atoms with Gasteiger partial charge in [-0.3, -0.25) is 52.7 Å². The van der Waals surface area contributed by atoms with Gasteiger partial charge in [0, 0.05) is 108 Å². The number of rotatable bonds is 15. The van der Waals surface area contributed by atoms with Crippen LogP contribution in [0.2, 0.25) is 0 Å². The number of H-pyrrole nitrogens is 3. The first-order chi connectivity index (χ1) is 49.6. The maximum atomic E-state index is 15.5. The molecule has 33 heteroatoms. The van der Waals surface area contributed by atoms with Gasteiger partial charge in [-0.1, -0.05) is 18.2 Å². The number of hydrogen-bond acceptors (Lipinski definition) is 16. The second-order valence-corrected chi connectivity index (χ2v) is 28.5. The van der Waals surface area contributed by atoms with Gasteiger partial charge in [0.1, 0.15) is 76.6 Å². The van der Waals surface area contributed by atoms with Gasteiger partial charge in [0.15, 0.2) is 0 Å². The number of phenolic OH excluding ortho intramolecular Hbond substituents is 1. The van der Waals surface area contributed by atoms with Crippen molar-refractivity contribution in [1.82, 2.24) is 67.4 Å². The number of hydrogen-bond donors (Lipinski definition) is 15. The number of aromatic hydroxyl groups is 1. The zero-order chi connectivity index (χ0) is 75.0. The van der Waals surface area contributed by atoms with Crippen LogP contribution in [0.4, 0.5) is 13.2 Å². The number of benzene rings is 4. The largest absolute Gasteiger partial charge is 0.508 e. The third kappa shape index (κ3) is 20.5. The zero-order valence-corrected chi connectivity index (χ0v) is 58.9. The molecule has 0 unspecified atom stereocenters. The molecule has 9 rings (SSSR count). The Morgan fingerprint density at radius 1 is 0.654 bits per heavy atom. The number of aliphatic carboxylic acids is 1. The van der Waals surface area contributed by atoms with Gasteiger partial charge >= 0.3 is 5.97 Å². The van der Waals surface area contributed by atoms with Crippen molar-refractivity contribution >= 4 is 110 Å². The Kier molecular flexibility index (Phi) is 26.3. The number of nitrogens with two attached hydrogens (primary N) is 2. The number of phenols is 1. The van der Waals surface area contributed by atoms with Crippen molar-refractivity contribution in [2.45, 2.75) is 156 Å². The molecular weight excluding hydrogens is 1390 g/mol. The fourth-order valence-corrected chi connectivity index (χ4v) is 14.5. The van der Waals surface area contributed by atoms with E-state index in [9.17, 15) is 48.2 Å². The molecule has 0 aliphatic carbocycles. The Morgan fingerprint density at radius 3 is 1.82 bits per heavy atom. The van der Waals surface area contributed by atoms with Crippen molar-refractivity contribution in [3.05, 3.63) is 155 Å². The fourth-order valence-electron chi connectivity index (χ4n) is 12.6. The average molecular weight is 1480 g/mol. The number of carbonyl (C=O) groups excluding carboxylic acids is 10. The molecule has 7 aromatic rings. The van der Waals surface area contributed by atoms with Crippen LogP contribution in [0.25, 0.3) is 21.8 Å². The molecule has 4 aromatic carbocycles. The van der Waals surface area contributed by atoms with E-state index in [1.165, 1.54) is 129 Å². The summed E-state index contributed by atoms with van der Waals surface area (Å²) in [6.45, 7) is 4.40. The highest BCUT2D eigenvalue weighted by atomic mass is 32.2. The minimum absolute atomic E-state index is 0.0366. The molecule has 3 aromatic heterocycles. The number of carbonyl (C=O) groups is 11. The number of aromatic amines is 3. The molecule has 0 saturated carbocycles. The summed E-state index contributed by atoms with van der Waals surface area (Å²) in [7, 11) is 0. The van der Waals surface area contributed by atoms with E-state index in [0.29, 0.717) is 51.5 Å². The SMILES string of the molecule is C[C@H]1NC(=O)[C@H](CCCCN)NC(=O)CCSCc2cc(F)cc(c2)CSC[C@@H](C(N)=O)NC(=O)[C@]2(C)CCCN2C(=O)[C@](C)(Cc2ccc(O)cc2)NC(=O)[C@H](Cc2cnc[nH]2)NC(=O)[C@H](CC(=O)O)NC(=O)[C@H](Cc2c[nH]c3ccc(F)cc23)NC(=O)[C@@H](Cc2c[nH]c3ccc(F)cc23)NC1=O. The van der Waals surface area contributed by atoms with Crippen molar-refractivity contribution in [1.29, 1.82) is 0 Å². The topological polar surface area (TPSA) is 440 Å². The van der Waals surface area contributed by atoms with Crippen LogP contribution >= 0.6 is 23.5 Å². The monoisotopic (exact) mass is 1480 g/mol. The van der Waals surface area contributed by atoms with E-state index < -0.39 is 162 Å². The Hall–Kier alpha value is -10.4. The summed E-state index contributed by atoms with van der Waals surface area (Å²) < 4.78 is 45.2. The van der Waals surface area contributed by atoms with Crippen molar-refractivity contribution in [3.8, 4) is 5.75 Å². The molecule has 9 atom stereocenters. The number of aromatic nitrogens is 4. The van der Waals surface area contributed by atoms with Gasteiger partial charge in [-0.05, 0) is 148 Å². The summed E-state index contributed by atoms with van der Waals surface area (Å²) in [6, 6.07) is 6.38. The van der Waals surface area contributed by atoms with Crippen LogP contribution in [0.3, 0.4) is 0 Å². The van der Waals surface area contributed by atoms with Gasteiger partial charge in [-0.15, -0.1) is 0 Å². The number of carboxylic acids is 1. The highest BCUT2D eigenvalue weighted by molar-refractivity contribution is 7.98. The molecule has 554 valence electrons. The minimum Gasteiger partial charge on any atom is -0.508 e. The van der Waals surface area contributed by atoms with E-state index in [2.05, 4.69) is 62.5 Å². The smallest absolute Gasteiger partial charge is 0.305 e. The second kappa shape index (κ2) is 35.2. The molecule has 5 heterocycles. The lowest BCUT2D eigenvalue weighted by atomic mass is 9.88. The lowest BCUT2D eigenvalue weighted by Gasteiger charge is -2.41. The summed E-state index contributed by atoms with van der Waals surface area (Å²) >= 11 is 2.47. The molecule has 0 radical (unpaired) electrons. The summed E-state index contributed by atoms with van der Waals surface area (Å²) in [5, 5.41) is 42.3. The maximum absolute atomic E-state index is 15.5. The third-order valence-corrected chi connectivity index (χ3v) is 20.4. The lowest BCUT2D eigenvalue weighted by molar-refractivity contribution is -0.150. The van der Waals surface area contributed by atoms with Gasteiger partial charge in [0.05, 0.1) is 12.7 Å². The average Bonchev–Trinajstić information content (AvgIpc) is 1.47. The molecule has 2 aliphatic heterocycles. The van der Waals surface area contributed by atoms with E-state index >= 15 is 28.0 Å². The van der Waals surface area contributed by atoms with Crippen LogP contribution in [-0.4, -0.2) is 178 Å². The van der Waals surface area contributed by atoms with Crippen LogP contribution in [-0.2, 0) is 89.9 Å². The van der Waals surface area contributed by atoms with Crippen LogP contribution in [0.5, 0.6) is 5.75 Å². The van der Waals surface area contributed by atoms with Crippen molar-refractivity contribution < 1.29 is 76.1 Å². The predicted octanol–water partition coefficient (Wildman–Crippen LogP) is 3.09. The van der Waals surface area contributed by atoms with E-state index in [1.54, 1.807) is 6.07 Å². The zero-order valence-electron chi connectivity index (χ0n) is 57.3. The second-order valence-electron chi connectivity index (χ2n) is 26.4. The van der Waals surface area contributed by atoms with Crippen LogP contribution < -0.4 is 54.0 Å². The number of unbranched alkanes of at least 4 members (excludes halogenated alkanes) is 1. The molecule has 2 aliphatic rings. The predicted molar refractivity (Wildman–Crippen MR) is 381 cm³/mol. The highest BCUT2D eigenvalue weighted by Gasteiger charge is 2.52. The molecule has 1 fully saturated rings. The van der Waals surface area contributed by atoms with Crippen molar-refractivity contribution in [3.63, 3.8) is 0 Å². The molecule has 104 heavy (non-hydrogen) atoms. The molecule has 17 N–H and O–H groups in total. The molecular formula is C71H84F3N15O13S2. The summed E-state index contributed by atoms with van der Waals surface area (Å²) in [4.78, 5) is 173. The fraction of sp³-hybridized carbons (Fsp3) is 0.408. The number of fused-ring (bicyclic) bond motifs is 5. The molecule has 28 nitrogen and oxygen atoms in total. The van der Waals surface area contributed by atoms with Crippen LogP contribution in [0, 0.1) is 17.5 Å². The number of carboxylic acid groups (broad SMARTS) is 1. The Bertz CT molecular complexity index is 4320. The van der Waals surface area contributed by atoms with Gasteiger partial charge in [0.25, 0.3) is 0 Å². The first-order valence-corrected chi connectivity index (χ1v) is 36.1. The maximum Gasteiger partial charge on any atom is 0.305 e. The van der Waals surface area contributed by atoms with E-state index in [0.717, 1.165) is 17.8 Å². The third-order valence-electron chi connectivity index (χ3n) is 18.2. The van der Waals surface area contributed by atoms with Crippen LogP contribution in [0.1, 0.15) is 99.2 Å². The lowest BCUT2D eigenvalue weighted by Crippen LogP contribution is -2.67. The number of thioether (sulfide) groups is 2. The van der Waals surface area contributed by atoms with Gasteiger partial charge in [-0.2, -0.15) is 23.5 Å². The van der Waals surface area contributed by atoms with Gasteiger partial charge in [-0.25, -0.2) is 18.2 Å².